The normalized spacial score (nSPS) is 57.8. The van der Waals surface area contributed by atoms with Crippen LogP contribution in [0.1, 0.15) is 33.1 Å². The standard InChI is InChI=1S/C13H24N2/c1-6(2)11-9-5-10(11)13(15)8-3-7(4-8)12(9)14/h6-13H,3-5,14-15H2,1-2H3. The fourth-order valence-electron chi connectivity index (χ4n) is 4.60. The van der Waals surface area contributed by atoms with E-state index in [9.17, 15) is 0 Å². The molecule has 15 heavy (non-hydrogen) atoms. The van der Waals surface area contributed by atoms with E-state index in [-0.39, 0.29) is 0 Å². The van der Waals surface area contributed by atoms with Gasteiger partial charge in [0.15, 0.2) is 0 Å². The molecule has 0 aromatic heterocycles. The van der Waals surface area contributed by atoms with Crippen LogP contribution < -0.4 is 11.5 Å². The lowest BCUT2D eigenvalue weighted by Crippen LogP contribution is -2.65. The van der Waals surface area contributed by atoms with Crippen LogP contribution in [0.25, 0.3) is 0 Å². The van der Waals surface area contributed by atoms with Crippen LogP contribution in [0.4, 0.5) is 0 Å². The van der Waals surface area contributed by atoms with Crippen molar-refractivity contribution < 1.29 is 0 Å². The maximum atomic E-state index is 6.40. The van der Waals surface area contributed by atoms with E-state index in [0.29, 0.717) is 12.1 Å². The average Bonchev–Trinajstić information content (AvgIpc) is 1.94. The first-order chi connectivity index (χ1) is 7.09. The Morgan fingerprint density at radius 1 is 0.867 bits per heavy atom. The molecule has 4 atom stereocenters. The van der Waals surface area contributed by atoms with Gasteiger partial charge in [0.05, 0.1) is 0 Å². The highest BCUT2D eigenvalue weighted by atomic mass is 14.8. The van der Waals surface area contributed by atoms with Crippen LogP contribution in [-0.2, 0) is 0 Å². The van der Waals surface area contributed by atoms with Gasteiger partial charge >= 0.3 is 0 Å². The highest BCUT2D eigenvalue weighted by Gasteiger charge is 2.56. The van der Waals surface area contributed by atoms with Crippen molar-refractivity contribution in [2.45, 2.75) is 45.2 Å². The van der Waals surface area contributed by atoms with Crippen molar-refractivity contribution in [3.8, 4) is 0 Å². The number of nitrogens with two attached hydrogens (primary N) is 2. The summed E-state index contributed by atoms with van der Waals surface area (Å²) >= 11 is 0. The molecular formula is C13H24N2. The van der Waals surface area contributed by atoms with Gasteiger partial charge in [0.25, 0.3) is 0 Å². The van der Waals surface area contributed by atoms with E-state index >= 15 is 0 Å². The lowest BCUT2D eigenvalue weighted by atomic mass is 9.46. The van der Waals surface area contributed by atoms with E-state index in [1.165, 1.54) is 19.3 Å². The first kappa shape index (κ1) is 10.1. The summed E-state index contributed by atoms with van der Waals surface area (Å²) < 4.78 is 0. The molecule has 0 radical (unpaired) electrons. The molecule has 4 N–H and O–H groups in total. The summed E-state index contributed by atoms with van der Waals surface area (Å²) in [7, 11) is 0. The van der Waals surface area contributed by atoms with Gasteiger partial charge in [-0.15, -0.1) is 0 Å². The molecule has 6 aliphatic rings. The minimum atomic E-state index is 0.484. The van der Waals surface area contributed by atoms with Crippen molar-refractivity contribution in [1.29, 1.82) is 0 Å². The molecule has 2 heteroatoms. The van der Waals surface area contributed by atoms with E-state index in [1.807, 2.05) is 0 Å². The molecular weight excluding hydrogens is 184 g/mol. The number of hydrogen-bond donors (Lipinski definition) is 2. The number of hydrogen-bond acceptors (Lipinski definition) is 2. The predicted molar refractivity (Wildman–Crippen MR) is 62.1 cm³/mol. The monoisotopic (exact) mass is 208 g/mol. The molecule has 6 aliphatic carbocycles. The van der Waals surface area contributed by atoms with Crippen LogP contribution in [0, 0.1) is 35.5 Å². The van der Waals surface area contributed by atoms with Crippen LogP contribution in [-0.4, -0.2) is 12.1 Å². The molecule has 0 amide bonds. The fraction of sp³-hybridized carbons (Fsp3) is 1.00. The third-order valence-corrected chi connectivity index (χ3v) is 5.59. The summed E-state index contributed by atoms with van der Waals surface area (Å²) in [6.45, 7) is 4.69. The smallest absolute Gasteiger partial charge is 0.00988 e. The molecule has 6 saturated carbocycles. The van der Waals surface area contributed by atoms with Crippen molar-refractivity contribution in [1.82, 2.24) is 0 Å². The molecule has 0 spiro atoms. The third kappa shape index (κ3) is 1.24. The van der Waals surface area contributed by atoms with Crippen molar-refractivity contribution in [2.75, 3.05) is 0 Å². The van der Waals surface area contributed by atoms with E-state index in [4.69, 9.17) is 11.5 Å². The molecule has 4 unspecified atom stereocenters. The zero-order chi connectivity index (χ0) is 10.7. The molecule has 86 valence electrons. The van der Waals surface area contributed by atoms with Gasteiger partial charge in [0, 0.05) is 12.1 Å². The van der Waals surface area contributed by atoms with Gasteiger partial charge < -0.3 is 11.5 Å². The Balaban J connectivity index is 1.84. The molecule has 0 heterocycles. The van der Waals surface area contributed by atoms with Crippen LogP contribution in [0.2, 0.25) is 0 Å². The molecule has 6 fully saturated rings. The third-order valence-electron chi connectivity index (χ3n) is 5.59. The van der Waals surface area contributed by atoms with Gasteiger partial charge in [-0.1, -0.05) is 13.8 Å². The van der Waals surface area contributed by atoms with E-state index < -0.39 is 0 Å². The van der Waals surface area contributed by atoms with Gasteiger partial charge in [0.1, 0.15) is 0 Å². The Hall–Kier alpha value is -0.0800. The SMILES string of the molecule is CC(C)C1C2CC1C(N)C1CC(C1)C2N. The predicted octanol–water partition coefficient (Wildman–Crippen LogP) is 1.59. The molecule has 0 aromatic rings. The summed E-state index contributed by atoms with van der Waals surface area (Å²) in [5, 5.41) is 0. The fourth-order valence-corrected chi connectivity index (χ4v) is 4.60. The average molecular weight is 208 g/mol. The Labute approximate surface area is 92.8 Å². The van der Waals surface area contributed by atoms with Crippen LogP contribution in [0.5, 0.6) is 0 Å². The zero-order valence-corrected chi connectivity index (χ0v) is 9.89. The maximum Gasteiger partial charge on any atom is 0.00988 e. The van der Waals surface area contributed by atoms with Gasteiger partial charge in [-0.2, -0.15) is 0 Å². The Bertz CT molecular complexity index is 237. The zero-order valence-electron chi connectivity index (χ0n) is 9.89. The van der Waals surface area contributed by atoms with Gasteiger partial charge in [0.2, 0.25) is 0 Å². The molecule has 0 saturated heterocycles. The molecule has 0 aliphatic heterocycles. The van der Waals surface area contributed by atoms with E-state index in [1.54, 1.807) is 0 Å². The quantitative estimate of drug-likeness (QED) is 0.687. The second-order valence-corrected chi connectivity index (χ2v) is 6.53. The van der Waals surface area contributed by atoms with Gasteiger partial charge in [-0.25, -0.2) is 0 Å². The second-order valence-electron chi connectivity index (χ2n) is 6.53. The van der Waals surface area contributed by atoms with E-state index in [0.717, 1.165) is 35.5 Å². The van der Waals surface area contributed by atoms with Crippen LogP contribution >= 0.6 is 0 Å². The lowest BCUT2D eigenvalue weighted by Gasteiger charge is -2.61. The molecule has 6 rings (SSSR count). The van der Waals surface area contributed by atoms with Crippen LogP contribution in [0.3, 0.4) is 0 Å². The largest absolute Gasteiger partial charge is 0.327 e. The van der Waals surface area contributed by atoms with E-state index in [2.05, 4.69) is 13.8 Å². The first-order valence-corrected chi connectivity index (χ1v) is 6.60. The minimum absolute atomic E-state index is 0.484. The molecule has 0 aromatic carbocycles. The maximum absolute atomic E-state index is 6.40. The Morgan fingerprint density at radius 2 is 1.33 bits per heavy atom. The molecule has 4 bridgehead atoms. The second kappa shape index (κ2) is 3.21. The highest BCUT2D eigenvalue weighted by molar-refractivity contribution is 5.09. The number of rotatable bonds is 1. The summed E-state index contributed by atoms with van der Waals surface area (Å²) in [5.41, 5.74) is 12.8. The minimum Gasteiger partial charge on any atom is -0.327 e. The van der Waals surface area contributed by atoms with Crippen molar-refractivity contribution in [3.63, 3.8) is 0 Å². The Kier molecular flexibility index (Phi) is 2.16. The van der Waals surface area contributed by atoms with Gasteiger partial charge in [-0.3, -0.25) is 0 Å². The molecule has 2 nitrogen and oxygen atoms in total. The summed E-state index contributed by atoms with van der Waals surface area (Å²) in [4.78, 5) is 0. The van der Waals surface area contributed by atoms with Crippen molar-refractivity contribution >= 4 is 0 Å². The first-order valence-electron chi connectivity index (χ1n) is 6.60. The lowest BCUT2D eigenvalue weighted by molar-refractivity contribution is -0.0883. The topological polar surface area (TPSA) is 52.0 Å². The highest BCUT2D eigenvalue weighted by Crippen LogP contribution is 2.57. The van der Waals surface area contributed by atoms with Crippen molar-refractivity contribution in [3.05, 3.63) is 0 Å². The summed E-state index contributed by atoms with van der Waals surface area (Å²) in [6.07, 6.45) is 3.96. The van der Waals surface area contributed by atoms with Crippen molar-refractivity contribution in [2.24, 2.45) is 47.0 Å². The summed E-state index contributed by atoms with van der Waals surface area (Å²) in [5.74, 6) is 4.76. The Morgan fingerprint density at radius 3 is 1.73 bits per heavy atom. The van der Waals surface area contributed by atoms with Gasteiger partial charge in [-0.05, 0) is 54.8 Å². The van der Waals surface area contributed by atoms with Crippen LogP contribution in [0.15, 0.2) is 0 Å². The summed E-state index contributed by atoms with van der Waals surface area (Å²) in [6, 6.07) is 0.967.